The van der Waals surface area contributed by atoms with Crippen molar-refractivity contribution < 1.29 is 9.53 Å². The van der Waals surface area contributed by atoms with E-state index < -0.39 is 0 Å². The van der Waals surface area contributed by atoms with Crippen molar-refractivity contribution >= 4 is 17.5 Å². The zero-order valence-electron chi connectivity index (χ0n) is 10.5. The van der Waals surface area contributed by atoms with Crippen molar-refractivity contribution in [2.45, 2.75) is 6.92 Å². The van der Waals surface area contributed by atoms with Crippen LogP contribution < -0.4 is 10.6 Å². The van der Waals surface area contributed by atoms with Crippen molar-refractivity contribution in [3.05, 3.63) is 34.9 Å². The number of halogens is 1. The number of hydrogen-bond acceptors (Lipinski definition) is 3. The van der Waals surface area contributed by atoms with Crippen molar-refractivity contribution in [1.29, 1.82) is 0 Å². The van der Waals surface area contributed by atoms with E-state index in [0.29, 0.717) is 17.1 Å². The Bertz CT molecular complexity index is 339. The van der Waals surface area contributed by atoms with Crippen LogP contribution in [-0.2, 0) is 4.74 Å². The molecule has 1 aromatic carbocycles. The van der Waals surface area contributed by atoms with Crippen LogP contribution in [0.4, 0.5) is 0 Å². The Kier molecular flexibility index (Phi) is 7.41. The molecular weight excluding hydrogens is 252 g/mol. The third-order valence-electron chi connectivity index (χ3n) is 2.29. The van der Waals surface area contributed by atoms with Crippen LogP contribution in [0.3, 0.4) is 0 Å². The van der Waals surface area contributed by atoms with E-state index in [1.165, 1.54) is 0 Å². The second-order valence-electron chi connectivity index (χ2n) is 3.73. The maximum Gasteiger partial charge on any atom is 0.251 e. The minimum atomic E-state index is -0.0610. The molecule has 1 heterocycles. The van der Waals surface area contributed by atoms with Crippen LogP contribution >= 0.6 is 11.6 Å². The molecule has 0 atom stereocenters. The minimum absolute atomic E-state index is 0.0610. The highest BCUT2D eigenvalue weighted by molar-refractivity contribution is 6.30. The molecule has 1 aliphatic heterocycles. The fourth-order valence-corrected chi connectivity index (χ4v) is 1.51. The van der Waals surface area contributed by atoms with Gasteiger partial charge in [0.15, 0.2) is 0 Å². The lowest BCUT2D eigenvalue weighted by Gasteiger charge is -2.10. The van der Waals surface area contributed by atoms with E-state index in [0.717, 1.165) is 26.3 Å². The van der Waals surface area contributed by atoms with Gasteiger partial charge in [0.05, 0.1) is 13.2 Å². The Morgan fingerprint density at radius 3 is 2.33 bits per heavy atom. The van der Waals surface area contributed by atoms with Gasteiger partial charge in [-0.3, -0.25) is 4.79 Å². The van der Waals surface area contributed by atoms with Crippen molar-refractivity contribution in [2.24, 2.45) is 0 Å². The van der Waals surface area contributed by atoms with Gasteiger partial charge in [0.25, 0.3) is 5.91 Å². The summed E-state index contributed by atoms with van der Waals surface area (Å²) in [7, 11) is 0. The van der Waals surface area contributed by atoms with Crippen LogP contribution in [0.15, 0.2) is 24.3 Å². The van der Waals surface area contributed by atoms with E-state index >= 15 is 0 Å². The van der Waals surface area contributed by atoms with Crippen LogP contribution in [0.2, 0.25) is 5.02 Å². The molecule has 1 aromatic rings. The van der Waals surface area contributed by atoms with Gasteiger partial charge in [-0.15, -0.1) is 0 Å². The van der Waals surface area contributed by atoms with Gasteiger partial charge in [-0.2, -0.15) is 0 Å². The second-order valence-corrected chi connectivity index (χ2v) is 4.17. The zero-order valence-corrected chi connectivity index (χ0v) is 11.3. The minimum Gasteiger partial charge on any atom is -0.379 e. The summed E-state index contributed by atoms with van der Waals surface area (Å²) in [6.45, 7) is 6.36. The van der Waals surface area contributed by atoms with Crippen LogP contribution in [0, 0.1) is 0 Å². The number of rotatable bonds is 2. The summed E-state index contributed by atoms with van der Waals surface area (Å²) in [6, 6.07) is 6.80. The summed E-state index contributed by atoms with van der Waals surface area (Å²) in [5, 5.41) is 6.50. The molecule has 5 heteroatoms. The summed E-state index contributed by atoms with van der Waals surface area (Å²) in [5.74, 6) is -0.0610. The summed E-state index contributed by atoms with van der Waals surface area (Å²) in [6.07, 6.45) is 0. The van der Waals surface area contributed by atoms with Gasteiger partial charge in [0.1, 0.15) is 0 Å². The van der Waals surface area contributed by atoms with Gasteiger partial charge in [-0.05, 0) is 31.2 Å². The van der Waals surface area contributed by atoms with Gasteiger partial charge >= 0.3 is 0 Å². The molecule has 0 spiro atoms. The topological polar surface area (TPSA) is 50.4 Å². The summed E-state index contributed by atoms with van der Waals surface area (Å²) < 4.78 is 5.01. The molecule has 0 unspecified atom stereocenters. The van der Waals surface area contributed by atoms with Crippen molar-refractivity contribution in [1.82, 2.24) is 10.6 Å². The molecule has 0 saturated carbocycles. The van der Waals surface area contributed by atoms with Crippen LogP contribution in [0.25, 0.3) is 0 Å². The smallest absolute Gasteiger partial charge is 0.251 e. The third-order valence-corrected chi connectivity index (χ3v) is 2.54. The monoisotopic (exact) mass is 270 g/mol. The first-order valence-electron chi connectivity index (χ1n) is 6.06. The standard InChI is InChI=1S/C9H10ClNO.C4H9NO/c1-2-11-9(12)7-3-5-8(10)6-4-7;1-3-6-4-2-5-1/h3-6H,2H2,1H3,(H,11,12);5H,1-4H2. The first-order chi connectivity index (χ1) is 8.74. The molecule has 1 fully saturated rings. The molecule has 0 aromatic heterocycles. The number of carbonyl (C=O) groups excluding carboxylic acids is 1. The molecule has 18 heavy (non-hydrogen) atoms. The molecule has 1 amide bonds. The van der Waals surface area contributed by atoms with Crippen LogP contribution in [0.5, 0.6) is 0 Å². The quantitative estimate of drug-likeness (QED) is 0.860. The number of morpholine rings is 1. The second kappa shape index (κ2) is 8.91. The highest BCUT2D eigenvalue weighted by Gasteiger charge is 2.01. The zero-order chi connectivity index (χ0) is 13.2. The SMILES string of the molecule is C1COCCN1.CCNC(=O)c1ccc(Cl)cc1. The van der Waals surface area contributed by atoms with Gasteiger partial charge in [-0.1, -0.05) is 11.6 Å². The largest absolute Gasteiger partial charge is 0.379 e. The number of nitrogens with one attached hydrogen (secondary N) is 2. The Hall–Kier alpha value is -1.10. The molecule has 1 saturated heterocycles. The predicted molar refractivity (Wildman–Crippen MR) is 73.1 cm³/mol. The Morgan fingerprint density at radius 1 is 1.33 bits per heavy atom. The average molecular weight is 271 g/mol. The number of ether oxygens (including phenoxy) is 1. The van der Waals surface area contributed by atoms with E-state index in [1.54, 1.807) is 24.3 Å². The van der Waals surface area contributed by atoms with Gasteiger partial charge < -0.3 is 15.4 Å². The van der Waals surface area contributed by atoms with Crippen molar-refractivity contribution in [3.63, 3.8) is 0 Å². The molecule has 2 rings (SSSR count). The highest BCUT2D eigenvalue weighted by atomic mass is 35.5. The van der Waals surface area contributed by atoms with Crippen molar-refractivity contribution in [2.75, 3.05) is 32.8 Å². The van der Waals surface area contributed by atoms with Crippen LogP contribution in [-0.4, -0.2) is 38.8 Å². The normalized spacial score (nSPS) is 14.3. The highest BCUT2D eigenvalue weighted by Crippen LogP contribution is 2.08. The summed E-state index contributed by atoms with van der Waals surface area (Å²) >= 11 is 5.66. The lowest BCUT2D eigenvalue weighted by Crippen LogP contribution is -2.30. The number of amides is 1. The molecule has 2 N–H and O–H groups in total. The Labute approximate surface area is 113 Å². The lowest BCUT2D eigenvalue weighted by molar-refractivity contribution is 0.0956. The molecule has 0 bridgehead atoms. The molecule has 1 aliphatic rings. The van der Waals surface area contributed by atoms with E-state index in [1.807, 2.05) is 6.92 Å². The molecule has 0 radical (unpaired) electrons. The van der Waals surface area contributed by atoms with Gasteiger partial charge in [0, 0.05) is 30.2 Å². The van der Waals surface area contributed by atoms with Gasteiger partial charge in [0.2, 0.25) is 0 Å². The molecule has 4 nitrogen and oxygen atoms in total. The molecule has 0 aliphatic carbocycles. The predicted octanol–water partition coefficient (Wildman–Crippen LogP) is 1.70. The average Bonchev–Trinajstić information content (AvgIpc) is 2.42. The molecule has 100 valence electrons. The Balaban J connectivity index is 0.000000225. The van der Waals surface area contributed by atoms with E-state index in [4.69, 9.17) is 16.3 Å². The first kappa shape index (κ1) is 15.0. The number of benzene rings is 1. The summed E-state index contributed by atoms with van der Waals surface area (Å²) in [5.41, 5.74) is 0.640. The van der Waals surface area contributed by atoms with E-state index in [2.05, 4.69) is 10.6 Å². The Morgan fingerprint density at radius 2 is 1.94 bits per heavy atom. The maximum absolute atomic E-state index is 11.2. The van der Waals surface area contributed by atoms with Gasteiger partial charge in [-0.25, -0.2) is 0 Å². The number of hydrogen-bond donors (Lipinski definition) is 2. The molecular formula is C13H19ClN2O2. The fourth-order valence-electron chi connectivity index (χ4n) is 1.38. The maximum atomic E-state index is 11.2. The lowest BCUT2D eigenvalue weighted by atomic mass is 10.2. The van der Waals surface area contributed by atoms with Crippen molar-refractivity contribution in [3.8, 4) is 0 Å². The third kappa shape index (κ3) is 6.00. The summed E-state index contributed by atoms with van der Waals surface area (Å²) in [4.78, 5) is 11.2. The van der Waals surface area contributed by atoms with E-state index in [9.17, 15) is 4.79 Å². The van der Waals surface area contributed by atoms with Crippen LogP contribution in [0.1, 0.15) is 17.3 Å². The first-order valence-corrected chi connectivity index (χ1v) is 6.44. The fraction of sp³-hybridized carbons (Fsp3) is 0.462. The number of carbonyl (C=O) groups is 1. The van der Waals surface area contributed by atoms with E-state index in [-0.39, 0.29) is 5.91 Å².